The van der Waals surface area contributed by atoms with E-state index in [0.717, 1.165) is 38.3 Å². The number of nitrogens with zero attached hydrogens (tertiary/aromatic N) is 3. The van der Waals surface area contributed by atoms with Gasteiger partial charge in [-0.2, -0.15) is 0 Å². The second kappa shape index (κ2) is 8.32. The minimum Gasteiger partial charge on any atom is -0.355 e. The Kier molecular flexibility index (Phi) is 6.39. The standard InChI is InChI=1S/C19H30N4O2/c1-5-9-20-17(24)15-7-8-16(21-14-15)22-10-6-11-23(13-12-22)18(25)19(2,3)4/h7-8,14H,5-6,9-13H2,1-4H3,(H,20,24). The van der Waals surface area contributed by atoms with Crippen LogP contribution >= 0.6 is 0 Å². The van der Waals surface area contributed by atoms with Gasteiger partial charge in [-0.15, -0.1) is 0 Å². The molecule has 0 unspecified atom stereocenters. The quantitative estimate of drug-likeness (QED) is 0.908. The van der Waals surface area contributed by atoms with Crippen LogP contribution in [0.3, 0.4) is 0 Å². The minimum atomic E-state index is -0.346. The molecule has 1 fully saturated rings. The average Bonchev–Trinajstić information content (AvgIpc) is 2.84. The first kappa shape index (κ1) is 19.2. The second-order valence-corrected chi connectivity index (χ2v) is 7.54. The van der Waals surface area contributed by atoms with Crippen LogP contribution in [0.5, 0.6) is 0 Å². The molecule has 1 aliphatic rings. The van der Waals surface area contributed by atoms with Gasteiger partial charge in [-0.05, 0) is 25.0 Å². The summed E-state index contributed by atoms with van der Waals surface area (Å²) in [5.41, 5.74) is 0.234. The van der Waals surface area contributed by atoms with Crippen molar-refractivity contribution in [1.82, 2.24) is 15.2 Å². The molecule has 2 amide bonds. The Morgan fingerprint density at radius 2 is 1.92 bits per heavy atom. The fraction of sp³-hybridized carbons (Fsp3) is 0.632. The van der Waals surface area contributed by atoms with Crippen LogP contribution in [0.1, 0.15) is 50.9 Å². The smallest absolute Gasteiger partial charge is 0.252 e. The number of hydrogen-bond acceptors (Lipinski definition) is 4. The maximum Gasteiger partial charge on any atom is 0.252 e. The molecule has 6 nitrogen and oxygen atoms in total. The van der Waals surface area contributed by atoms with Crippen molar-refractivity contribution in [2.75, 3.05) is 37.6 Å². The second-order valence-electron chi connectivity index (χ2n) is 7.54. The Balaban J connectivity index is 1.98. The van der Waals surface area contributed by atoms with E-state index < -0.39 is 0 Å². The molecule has 1 aromatic heterocycles. The predicted molar refractivity (Wildman–Crippen MR) is 99.7 cm³/mol. The van der Waals surface area contributed by atoms with E-state index in [-0.39, 0.29) is 17.2 Å². The van der Waals surface area contributed by atoms with Crippen LogP contribution in [0, 0.1) is 5.41 Å². The molecule has 25 heavy (non-hydrogen) atoms. The molecular weight excluding hydrogens is 316 g/mol. The monoisotopic (exact) mass is 346 g/mol. The molecule has 1 saturated heterocycles. The number of carbonyl (C=O) groups is 2. The topological polar surface area (TPSA) is 65.5 Å². The number of amides is 2. The molecule has 1 aromatic rings. The van der Waals surface area contributed by atoms with Gasteiger partial charge in [0.1, 0.15) is 5.82 Å². The third-order valence-corrected chi connectivity index (χ3v) is 4.29. The van der Waals surface area contributed by atoms with Gasteiger partial charge in [-0.25, -0.2) is 4.98 Å². The van der Waals surface area contributed by atoms with Crippen LogP contribution in [0.2, 0.25) is 0 Å². The molecule has 2 rings (SSSR count). The lowest BCUT2D eigenvalue weighted by Gasteiger charge is -2.28. The summed E-state index contributed by atoms with van der Waals surface area (Å²) >= 11 is 0. The van der Waals surface area contributed by atoms with Gasteiger partial charge in [0.2, 0.25) is 5.91 Å². The molecule has 0 aromatic carbocycles. The van der Waals surface area contributed by atoms with Crippen molar-refractivity contribution >= 4 is 17.6 Å². The lowest BCUT2D eigenvalue weighted by molar-refractivity contribution is -0.139. The van der Waals surface area contributed by atoms with E-state index in [9.17, 15) is 9.59 Å². The van der Waals surface area contributed by atoms with Crippen molar-refractivity contribution in [3.05, 3.63) is 23.9 Å². The number of carbonyl (C=O) groups excluding carboxylic acids is 2. The van der Waals surface area contributed by atoms with Gasteiger partial charge in [0, 0.05) is 44.3 Å². The molecule has 0 atom stereocenters. The van der Waals surface area contributed by atoms with Crippen molar-refractivity contribution in [3.63, 3.8) is 0 Å². The Morgan fingerprint density at radius 1 is 1.16 bits per heavy atom. The highest BCUT2D eigenvalue weighted by Crippen LogP contribution is 2.20. The molecular formula is C19H30N4O2. The van der Waals surface area contributed by atoms with E-state index in [1.807, 2.05) is 44.7 Å². The molecule has 0 bridgehead atoms. The van der Waals surface area contributed by atoms with Gasteiger partial charge in [0.25, 0.3) is 5.91 Å². The maximum absolute atomic E-state index is 12.5. The number of hydrogen-bond donors (Lipinski definition) is 1. The molecule has 0 saturated carbocycles. The van der Waals surface area contributed by atoms with Gasteiger partial charge in [0.15, 0.2) is 0 Å². The third kappa shape index (κ3) is 5.18. The molecule has 1 aliphatic heterocycles. The summed E-state index contributed by atoms with van der Waals surface area (Å²) in [6, 6.07) is 3.71. The SMILES string of the molecule is CCCNC(=O)c1ccc(N2CCCN(C(=O)C(C)(C)C)CC2)nc1. The van der Waals surface area contributed by atoms with Gasteiger partial charge in [0.05, 0.1) is 5.56 Å². The number of nitrogens with one attached hydrogen (secondary N) is 1. The van der Waals surface area contributed by atoms with E-state index in [4.69, 9.17) is 0 Å². The number of pyridine rings is 1. The number of anilines is 1. The highest BCUT2D eigenvalue weighted by atomic mass is 16.2. The maximum atomic E-state index is 12.5. The molecule has 0 aliphatic carbocycles. The zero-order chi connectivity index (χ0) is 18.4. The Bertz CT molecular complexity index is 592. The highest BCUT2D eigenvalue weighted by Gasteiger charge is 2.28. The predicted octanol–water partition coefficient (Wildman–Crippen LogP) is 2.31. The largest absolute Gasteiger partial charge is 0.355 e. The average molecular weight is 346 g/mol. The van der Waals surface area contributed by atoms with Crippen molar-refractivity contribution in [2.45, 2.75) is 40.5 Å². The third-order valence-electron chi connectivity index (χ3n) is 4.29. The van der Waals surface area contributed by atoms with Crippen LogP contribution in [-0.2, 0) is 4.79 Å². The molecule has 2 heterocycles. The van der Waals surface area contributed by atoms with Crippen molar-refractivity contribution in [3.8, 4) is 0 Å². The van der Waals surface area contributed by atoms with Crippen LogP contribution < -0.4 is 10.2 Å². The minimum absolute atomic E-state index is 0.0845. The summed E-state index contributed by atoms with van der Waals surface area (Å²) < 4.78 is 0. The van der Waals surface area contributed by atoms with Crippen LogP contribution in [0.15, 0.2) is 18.3 Å². The Hall–Kier alpha value is -2.11. The Labute approximate surface area is 150 Å². The zero-order valence-electron chi connectivity index (χ0n) is 15.8. The Morgan fingerprint density at radius 3 is 2.52 bits per heavy atom. The van der Waals surface area contributed by atoms with E-state index >= 15 is 0 Å². The van der Waals surface area contributed by atoms with Crippen LogP contribution in [0.25, 0.3) is 0 Å². The molecule has 6 heteroatoms. The number of aromatic nitrogens is 1. The highest BCUT2D eigenvalue weighted by molar-refractivity contribution is 5.94. The number of rotatable bonds is 4. The summed E-state index contributed by atoms with van der Waals surface area (Å²) in [6.45, 7) is 11.7. The first-order valence-corrected chi connectivity index (χ1v) is 9.11. The lowest BCUT2D eigenvalue weighted by Crippen LogP contribution is -2.41. The van der Waals surface area contributed by atoms with Crippen molar-refractivity contribution < 1.29 is 9.59 Å². The van der Waals surface area contributed by atoms with Gasteiger partial charge in [-0.1, -0.05) is 27.7 Å². The van der Waals surface area contributed by atoms with Crippen molar-refractivity contribution in [2.24, 2.45) is 5.41 Å². The summed E-state index contributed by atoms with van der Waals surface area (Å²) in [7, 11) is 0. The van der Waals surface area contributed by atoms with E-state index in [2.05, 4.69) is 15.2 Å². The molecule has 138 valence electrons. The molecule has 1 N–H and O–H groups in total. The van der Waals surface area contributed by atoms with Crippen molar-refractivity contribution in [1.29, 1.82) is 0 Å². The molecule has 0 spiro atoms. The molecule has 0 radical (unpaired) electrons. The summed E-state index contributed by atoms with van der Waals surface area (Å²) in [4.78, 5) is 33.0. The summed E-state index contributed by atoms with van der Waals surface area (Å²) in [5.74, 6) is 0.973. The zero-order valence-corrected chi connectivity index (χ0v) is 15.8. The van der Waals surface area contributed by atoms with Crippen LogP contribution in [-0.4, -0.2) is 54.4 Å². The van der Waals surface area contributed by atoms with E-state index in [1.54, 1.807) is 6.20 Å². The fourth-order valence-corrected chi connectivity index (χ4v) is 2.87. The van der Waals surface area contributed by atoms with Gasteiger partial charge in [-0.3, -0.25) is 9.59 Å². The van der Waals surface area contributed by atoms with E-state index in [0.29, 0.717) is 18.7 Å². The van der Waals surface area contributed by atoms with Crippen LogP contribution in [0.4, 0.5) is 5.82 Å². The first-order valence-electron chi connectivity index (χ1n) is 9.11. The van der Waals surface area contributed by atoms with Gasteiger partial charge < -0.3 is 15.1 Å². The summed E-state index contributed by atoms with van der Waals surface area (Å²) in [6.07, 6.45) is 3.46. The van der Waals surface area contributed by atoms with Gasteiger partial charge >= 0.3 is 0 Å². The fourth-order valence-electron chi connectivity index (χ4n) is 2.87. The normalized spacial score (nSPS) is 15.7. The van der Waals surface area contributed by atoms with E-state index in [1.165, 1.54) is 0 Å². The lowest BCUT2D eigenvalue weighted by atomic mass is 9.94. The summed E-state index contributed by atoms with van der Waals surface area (Å²) in [5, 5.41) is 2.85. The first-order chi connectivity index (χ1) is 11.8.